The number of carbonyl (C=O) groups excluding carboxylic acids is 1. The van der Waals surface area contributed by atoms with Gasteiger partial charge in [0.25, 0.3) is 5.69 Å². The quantitative estimate of drug-likeness (QED) is 0.556. The first kappa shape index (κ1) is 20.5. The van der Waals surface area contributed by atoms with Gasteiger partial charge >= 0.3 is 0 Å². The van der Waals surface area contributed by atoms with Crippen LogP contribution in [0.4, 0.5) is 11.4 Å². The number of nitro groups is 1. The largest absolute Gasteiger partial charge is 0.326 e. The molecule has 8 nitrogen and oxygen atoms in total. The second kappa shape index (κ2) is 8.28. The summed E-state index contributed by atoms with van der Waals surface area (Å²) < 4.78 is 26.9. The third-order valence-electron chi connectivity index (χ3n) is 4.12. The lowest BCUT2D eigenvalue weighted by atomic mass is 10.1. The van der Waals surface area contributed by atoms with E-state index in [-0.39, 0.29) is 29.2 Å². The third-order valence-corrected chi connectivity index (χ3v) is 5.58. The highest BCUT2D eigenvalue weighted by Crippen LogP contribution is 2.22. The summed E-state index contributed by atoms with van der Waals surface area (Å²) in [7, 11) is -3.71. The van der Waals surface area contributed by atoms with Gasteiger partial charge in [0.2, 0.25) is 15.9 Å². The Morgan fingerprint density at radius 1 is 1.04 bits per heavy atom. The average molecular weight is 391 g/mol. The van der Waals surface area contributed by atoms with Crippen LogP contribution in [-0.4, -0.2) is 25.8 Å². The van der Waals surface area contributed by atoms with E-state index in [1.807, 2.05) is 13.8 Å². The fourth-order valence-corrected chi connectivity index (χ4v) is 3.49. The summed E-state index contributed by atoms with van der Waals surface area (Å²) in [5.74, 6) is -0.448. The molecule has 0 spiro atoms. The average Bonchev–Trinajstić information content (AvgIpc) is 2.58. The summed E-state index contributed by atoms with van der Waals surface area (Å²) in [5, 5.41) is 13.5. The van der Waals surface area contributed by atoms with Crippen LogP contribution < -0.4 is 10.0 Å². The number of nitrogens with one attached hydrogen (secondary N) is 2. The summed E-state index contributed by atoms with van der Waals surface area (Å²) in [6, 6.07) is 9.17. The number of carbonyl (C=O) groups is 1. The Labute approximate surface area is 157 Å². The highest BCUT2D eigenvalue weighted by molar-refractivity contribution is 7.89. The van der Waals surface area contributed by atoms with Crippen molar-refractivity contribution in [3.8, 4) is 0 Å². The van der Waals surface area contributed by atoms with E-state index in [2.05, 4.69) is 10.0 Å². The van der Waals surface area contributed by atoms with Gasteiger partial charge in [0, 0.05) is 30.3 Å². The maximum Gasteiger partial charge on any atom is 0.274 e. The van der Waals surface area contributed by atoms with Crippen molar-refractivity contribution in [2.75, 3.05) is 11.9 Å². The van der Waals surface area contributed by atoms with E-state index in [9.17, 15) is 23.3 Å². The zero-order chi connectivity index (χ0) is 20.2. The number of aryl methyl sites for hydroxylation is 3. The first-order chi connectivity index (χ1) is 12.6. The number of amides is 1. The molecule has 9 heteroatoms. The molecule has 27 heavy (non-hydrogen) atoms. The predicted molar refractivity (Wildman–Crippen MR) is 102 cm³/mol. The van der Waals surface area contributed by atoms with Gasteiger partial charge in [0.05, 0.1) is 9.82 Å². The molecule has 0 saturated carbocycles. The zero-order valence-electron chi connectivity index (χ0n) is 15.3. The number of rotatable bonds is 7. The fourth-order valence-electron chi connectivity index (χ4n) is 2.37. The zero-order valence-corrected chi connectivity index (χ0v) is 16.1. The van der Waals surface area contributed by atoms with Crippen molar-refractivity contribution in [1.82, 2.24) is 4.72 Å². The predicted octanol–water partition coefficient (Wildman–Crippen LogP) is 2.83. The van der Waals surface area contributed by atoms with Gasteiger partial charge in [-0.1, -0.05) is 12.1 Å². The maximum absolute atomic E-state index is 12.3. The molecule has 0 aliphatic carbocycles. The second-order valence-corrected chi connectivity index (χ2v) is 7.97. The number of nitro benzene ring substituents is 1. The molecule has 0 radical (unpaired) electrons. The molecule has 0 bridgehead atoms. The molecule has 2 aromatic carbocycles. The van der Waals surface area contributed by atoms with Crippen molar-refractivity contribution >= 4 is 27.3 Å². The van der Waals surface area contributed by atoms with Gasteiger partial charge in [-0.15, -0.1) is 0 Å². The van der Waals surface area contributed by atoms with Crippen molar-refractivity contribution in [2.24, 2.45) is 0 Å². The summed E-state index contributed by atoms with van der Waals surface area (Å²) >= 11 is 0. The minimum Gasteiger partial charge on any atom is -0.326 e. The van der Waals surface area contributed by atoms with Gasteiger partial charge in [0.15, 0.2) is 0 Å². The smallest absolute Gasteiger partial charge is 0.274 e. The molecule has 144 valence electrons. The molecule has 2 aromatic rings. The molecule has 0 aromatic heterocycles. The molecule has 2 rings (SSSR count). The van der Waals surface area contributed by atoms with Crippen molar-refractivity contribution in [2.45, 2.75) is 32.1 Å². The van der Waals surface area contributed by atoms with Crippen LogP contribution in [0, 0.1) is 30.9 Å². The highest BCUT2D eigenvalue weighted by Gasteiger charge is 2.16. The van der Waals surface area contributed by atoms with Crippen LogP contribution in [0.15, 0.2) is 41.3 Å². The molecular weight excluding hydrogens is 370 g/mol. The monoisotopic (exact) mass is 391 g/mol. The van der Waals surface area contributed by atoms with Gasteiger partial charge in [-0.25, -0.2) is 13.1 Å². The minimum absolute atomic E-state index is 0.0882. The summed E-state index contributed by atoms with van der Waals surface area (Å²) in [4.78, 5) is 22.5. The molecule has 0 unspecified atom stereocenters. The Balaban J connectivity index is 1.95. The lowest BCUT2D eigenvalue weighted by molar-refractivity contribution is -0.385. The molecule has 0 atom stereocenters. The number of anilines is 1. The fraction of sp³-hybridized carbons (Fsp3) is 0.278. The summed E-state index contributed by atoms with van der Waals surface area (Å²) in [6.07, 6.45) is -0.105. The van der Waals surface area contributed by atoms with Gasteiger partial charge in [-0.05, 0) is 50.1 Å². The molecule has 0 fully saturated rings. The first-order valence-corrected chi connectivity index (χ1v) is 9.70. The number of nitrogens with zero attached hydrogens (tertiary/aromatic N) is 1. The third kappa shape index (κ3) is 5.35. The van der Waals surface area contributed by atoms with E-state index < -0.39 is 20.9 Å². The number of sulfonamides is 1. The first-order valence-electron chi connectivity index (χ1n) is 8.22. The Bertz CT molecular complexity index is 986. The van der Waals surface area contributed by atoms with Crippen molar-refractivity contribution < 1.29 is 18.1 Å². The van der Waals surface area contributed by atoms with Gasteiger partial charge in [-0.3, -0.25) is 14.9 Å². The SMILES string of the molecule is Cc1ccc(S(=O)(=O)NCCC(=O)Nc2ccc(C)c([N+](=O)[O-])c2)cc1C. The molecule has 0 aliphatic heterocycles. The lowest BCUT2D eigenvalue weighted by Gasteiger charge is -2.09. The van der Waals surface area contributed by atoms with Crippen molar-refractivity contribution in [3.63, 3.8) is 0 Å². The van der Waals surface area contributed by atoms with Crippen LogP contribution in [0.1, 0.15) is 23.1 Å². The van der Waals surface area contributed by atoms with Crippen LogP contribution in [-0.2, 0) is 14.8 Å². The van der Waals surface area contributed by atoms with Gasteiger partial charge in [0.1, 0.15) is 0 Å². The van der Waals surface area contributed by atoms with Crippen molar-refractivity contribution in [3.05, 3.63) is 63.2 Å². The normalized spacial score (nSPS) is 11.2. The maximum atomic E-state index is 12.3. The number of hydrogen-bond acceptors (Lipinski definition) is 5. The van der Waals surface area contributed by atoms with E-state index >= 15 is 0 Å². The minimum atomic E-state index is -3.71. The van der Waals surface area contributed by atoms with E-state index in [0.29, 0.717) is 5.56 Å². The number of benzene rings is 2. The second-order valence-electron chi connectivity index (χ2n) is 6.20. The molecule has 0 aliphatic rings. The molecule has 2 N–H and O–H groups in total. The molecule has 1 amide bonds. The lowest BCUT2D eigenvalue weighted by Crippen LogP contribution is -2.28. The molecule has 0 heterocycles. The molecular formula is C18H21N3O5S. The van der Waals surface area contributed by atoms with E-state index in [4.69, 9.17) is 0 Å². The van der Waals surface area contributed by atoms with Crippen LogP contribution in [0.25, 0.3) is 0 Å². The van der Waals surface area contributed by atoms with Crippen LogP contribution >= 0.6 is 0 Å². The van der Waals surface area contributed by atoms with Gasteiger partial charge < -0.3 is 5.32 Å². The Hall–Kier alpha value is -2.78. The Kier molecular flexibility index (Phi) is 6.29. The van der Waals surface area contributed by atoms with Crippen LogP contribution in [0.5, 0.6) is 0 Å². The van der Waals surface area contributed by atoms with Gasteiger partial charge in [-0.2, -0.15) is 0 Å². The summed E-state index contributed by atoms with van der Waals surface area (Å²) in [5.41, 5.74) is 2.52. The van der Waals surface area contributed by atoms with Crippen molar-refractivity contribution in [1.29, 1.82) is 0 Å². The van der Waals surface area contributed by atoms with E-state index in [1.54, 1.807) is 25.1 Å². The Morgan fingerprint density at radius 2 is 1.70 bits per heavy atom. The van der Waals surface area contributed by atoms with Crippen LogP contribution in [0.3, 0.4) is 0 Å². The molecule has 0 saturated heterocycles. The standard InChI is InChI=1S/C18H21N3O5S/c1-12-5-7-16(10-14(12)3)27(25,26)19-9-8-18(22)20-15-6-4-13(2)17(11-15)21(23)24/h4-7,10-11,19H,8-9H2,1-3H3,(H,20,22). The van der Waals surface area contributed by atoms with Crippen LogP contribution in [0.2, 0.25) is 0 Å². The number of hydrogen-bond donors (Lipinski definition) is 2. The topological polar surface area (TPSA) is 118 Å². The Morgan fingerprint density at radius 3 is 2.33 bits per heavy atom. The van der Waals surface area contributed by atoms with E-state index in [0.717, 1.165) is 11.1 Å². The summed E-state index contributed by atoms with van der Waals surface area (Å²) in [6.45, 7) is 5.22. The van der Waals surface area contributed by atoms with E-state index in [1.165, 1.54) is 18.2 Å². The highest BCUT2D eigenvalue weighted by atomic mass is 32.2.